The number of halogens is 2. The van der Waals surface area contributed by atoms with Crippen molar-refractivity contribution in [3.8, 4) is 5.75 Å². The number of benzene rings is 2. The van der Waals surface area contributed by atoms with E-state index in [2.05, 4.69) is 37.2 Å². The zero-order chi connectivity index (χ0) is 19.4. The van der Waals surface area contributed by atoms with E-state index in [-0.39, 0.29) is 6.04 Å². The van der Waals surface area contributed by atoms with Gasteiger partial charge in [-0.2, -0.15) is 0 Å². The minimum absolute atomic E-state index is 0.108. The lowest BCUT2D eigenvalue weighted by Crippen LogP contribution is -2.36. The van der Waals surface area contributed by atoms with E-state index in [1.807, 2.05) is 47.1 Å². The van der Waals surface area contributed by atoms with Crippen LogP contribution in [0.1, 0.15) is 12.8 Å². The van der Waals surface area contributed by atoms with Crippen LogP contribution in [0.4, 0.5) is 5.69 Å². The zero-order valence-electron chi connectivity index (χ0n) is 15.3. The van der Waals surface area contributed by atoms with Gasteiger partial charge in [0, 0.05) is 40.9 Å². The number of ether oxygens (including phenoxy) is 1. The van der Waals surface area contributed by atoms with Crippen LogP contribution in [0, 0.1) is 0 Å². The standard InChI is InChI=1S/C19H23Br2N2O3P/c1-25-18-7-3-4-8-19(18)27(24,26-2)23-11-5-6-15(23)13-22-17-10-9-14(20)12-16(17)21/h3-4,7-10,12,15,22H,5-6,11,13H2,1-2H3. The van der Waals surface area contributed by atoms with Crippen LogP contribution in [0.15, 0.2) is 51.4 Å². The largest absolute Gasteiger partial charge is 0.496 e. The minimum Gasteiger partial charge on any atom is -0.496 e. The summed E-state index contributed by atoms with van der Waals surface area (Å²) in [5, 5.41) is 4.09. The molecule has 2 aromatic rings. The van der Waals surface area contributed by atoms with Gasteiger partial charge in [-0.1, -0.05) is 28.1 Å². The predicted molar refractivity (Wildman–Crippen MR) is 117 cm³/mol. The van der Waals surface area contributed by atoms with Crippen molar-refractivity contribution < 1.29 is 13.8 Å². The molecule has 1 saturated heterocycles. The molecule has 0 amide bonds. The quantitative estimate of drug-likeness (QED) is 0.507. The van der Waals surface area contributed by atoms with E-state index in [1.54, 1.807) is 7.11 Å². The topological polar surface area (TPSA) is 50.8 Å². The maximum Gasteiger partial charge on any atom is 0.306 e. The second-order valence-electron chi connectivity index (χ2n) is 6.34. The number of rotatable bonds is 7. The third-order valence-electron chi connectivity index (χ3n) is 4.78. The van der Waals surface area contributed by atoms with Crippen molar-refractivity contribution in [2.45, 2.75) is 18.9 Å². The van der Waals surface area contributed by atoms with E-state index in [4.69, 9.17) is 9.26 Å². The zero-order valence-corrected chi connectivity index (χ0v) is 19.4. The summed E-state index contributed by atoms with van der Waals surface area (Å²) >= 11 is 7.05. The first-order valence-corrected chi connectivity index (χ1v) is 11.9. The molecule has 1 aliphatic rings. The smallest absolute Gasteiger partial charge is 0.306 e. The first-order chi connectivity index (χ1) is 13.0. The van der Waals surface area contributed by atoms with E-state index in [0.717, 1.165) is 34.0 Å². The Labute approximate surface area is 177 Å². The van der Waals surface area contributed by atoms with E-state index < -0.39 is 7.52 Å². The highest BCUT2D eigenvalue weighted by Gasteiger charge is 2.42. The van der Waals surface area contributed by atoms with E-state index >= 15 is 0 Å². The van der Waals surface area contributed by atoms with Crippen molar-refractivity contribution in [3.05, 3.63) is 51.4 Å². The fourth-order valence-corrected chi connectivity index (χ4v) is 7.06. The summed E-state index contributed by atoms with van der Waals surface area (Å²) in [4.78, 5) is 0. The van der Waals surface area contributed by atoms with Gasteiger partial charge < -0.3 is 14.6 Å². The molecule has 0 aromatic heterocycles. The van der Waals surface area contributed by atoms with Crippen molar-refractivity contribution in [2.24, 2.45) is 0 Å². The van der Waals surface area contributed by atoms with Crippen LogP contribution in [-0.2, 0) is 9.09 Å². The molecule has 0 saturated carbocycles. The first-order valence-electron chi connectivity index (χ1n) is 8.75. The monoisotopic (exact) mass is 516 g/mol. The predicted octanol–water partition coefficient (Wildman–Crippen LogP) is 5.26. The van der Waals surface area contributed by atoms with Gasteiger partial charge >= 0.3 is 7.52 Å². The molecule has 5 nitrogen and oxygen atoms in total. The molecule has 1 aliphatic heterocycles. The van der Waals surface area contributed by atoms with Crippen LogP contribution in [0.5, 0.6) is 5.75 Å². The Morgan fingerprint density at radius 1 is 1.22 bits per heavy atom. The second kappa shape index (κ2) is 9.10. The van der Waals surface area contributed by atoms with E-state index in [9.17, 15) is 4.57 Å². The Bertz CT molecular complexity index is 849. The Balaban J connectivity index is 1.82. The van der Waals surface area contributed by atoms with Gasteiger partial charge in [0.25, 0.3) is 0 Å². The van der Waals surface area contributed by atoms with Crippen LogP contribution in [0.3, 0.4) is 0 Å². The van der Waals surface area contributed by atoms with Gasteiger partial charge in [0.2, 0.25) is 0 Å². The molecule has 0 radical (unpaired) electrons. The summed E-state index contributed by atoms with van der Waals surface area (Å²) < 4.78 is 29.0. The van der Waals surface area contributed by atoms with Crippen molar-refractivity contribution in [2.75, 3.05) is 32.6 Å². The van der Waals surface area contributed by atoms with Crippen molar-refractivity contribution >= 4 is 50.4 Å². The highest BCUT2D eigenvalue weighted by atomic mass is 79.9. The lowest BCUT2D eigenvalue weighted by molar-refractivity contribution is 0.306. The number of anilines is 1. The number of hydrogen-bond acceptors (Lipinski definition) is 4. The third kappa shape index (κ3) is 4.43. The number of methoxy groups -OCH3 is 1. The summed E-state index contributed by atoms with van der Waals surface area (Å²) in [6.07, 6.45) is 1.94. The van der Waals surface area contributed by atoms with Crippen LogP contribution >= 0.6 is 39.4 Å². The van der Waals surface area contributed by atoms with Gasteiger partial charge in [-0.15, -0.1) is 0 Å². The maximum atomic E-state index is 13.9. The molecule has 2 unspecified atom stereocenters. The summed E-state index contributed by atoms with van der Waals surface area (Å²) in [6, 6.07) is 13.5. The normalized spacial score (nSPS) is 19.6. The molecule has 2 aromatic carbocycles. The molecule has 27 heavy (non-hydrogen) atoms. The van der Waals surface area contributed by atoms with Crippen LogP contribution in [0.2, 0.25) is 0 Å². The summed E-state index contributed by atoms with van der Waals surface area (Å²) in [5.41, 5.74) is 1.01. The van der Waals surface area contributed by atoms with Crippen LogP contribution in [0.25, 0.3) is 0 Å². The third-order valence-corrected chi connectivity index (χ3v) is 8.61. The Morgan fingerprint density at radius 3 is 2.70 bits per heavy atom. The molecule has 0 bridgehead atoms. The summed E-state index contributed by atoms with van der Waals surface area (Å²) in [7, 11) is -0.0970. The molecule has 1 N–H and O–H groups in total. The van der Waals surface area contributed by atoms with Crippen LogP contribution < -0.4 is 15.4 Å². The SMILES string of the molecule is COc1ccccc1P(=O)(OC)N1CCCC1CNc1ccc(Br)cc1Br. The van der Waals surface area contributed by atoms with Gasteiger partial charge in [0.15, 0.2) is 0 Å². The molecular formula is C19H23Br2N2O3P. The highest BCUT2D eigenvalue weighted by Crippen LogP contribution is 2.54. The first kappa shape index (κ1) is 20.9. The van der Waals surface area contributed by atoms with Gasteiger partial charge in [0.1, 0.15) is 5.75 Å². The molecule has 1 heterocycles. The average molecular weight is 518 g/mol. The molecule has 0 aliphatic carbocycles. The number of hydrogen-bond donors (Lipinski definition) is 1. The lowest BCUT2D eigenvalue weighted by atomic mass is 10.2. The minimum atomic E-state index is -3.20. The van der Waals surface area contributed by atoms with Gasteiger partial charge in [-0.05, 0) is 59.1 Å². The number of nitrogens with one attached hydrogen (secondary N) is 1. The molecule has 2 atom stereocenters. The molecule has 146 valence electrons. The maximum absolute atomic E-state index is 13.9. The number of nitrogens with zero attached hydrogens (tertiary/aromatic N) is 1. The van der Waals surface area contributed by atoms with Gasteiger partial charge in [-0.25, -0.2) is 4.67 Å². The van der Waals surface area contributed by atoms with Gasteiger partial charge in [-0.3, -0.25) is 4.57 Å². The summed E-state index contributed by atoms with van der Waals surface area (Å²) in [5.74, 6) is 0.594. The number of para-hydroxylation sites is 1. The van der Waals surface area contributed by atoms with Crippen LogP contribution in [-0.4, -0.2) is 38.0 Å². The molecule has 3 rings (SSSR count). The fourth-order valence-electron chi connectivity index (χ4n) is 3.44. The van der Waals surface area contributed by atoms with E-state index in [1.165, 1.54) is 7.11 Å². The molecular weight excluding hydrogens is 495 g/mol. The van der Waals surface area contributed by atoms with E-state index in [0.29, 0.717) is 17.6 Å². The van der Waals surface area contributed by atoms with Crippen molar-refractivity contribution in [3.63, 3.8) is 0 Å². The Hall–Kier alpha value is -0.850. The fraction of sp³-hybridized carbons (Fsp3) is 0.368. The molecule has 1 fully saturated rings. The molecule has 8 heteroatoms. The average Bonchev–Trinajstić information content (AvgIpc) is 3.16. The van der Waals surface area contributed by atoms with Crippen molar-refractivity contribution in [1.82, 2.24) is 4.67 Å². The highest BCUT2D eigenvalue weighted by molar-refractivity contribution is 9.11. The Morgan fingerprint density at radius 2 is 2.00 bits per heavy atom. The second-order valence-corrected chi connectivity index (χ2v) is 10.5. The summed E-state index contributed by atoms with van der Waals surface area (Å²) in [6.45, 7) is 1.42. The van der Waals surface area contributed by atoms with Crippen molar-refractivity contribution in [1.29, 1.82) is 0 Å². The molecule has 0 spiro atoms. The van der Waals surface area contributed by atoms with Gasteiger partial charge in [0.05, 0.1) is 12.4 Å². The lowest BCUT2D eigenvalue weighted by Gasteiger charge is -2.32. The Kier molecular flexibility index (Phi) is 7.03.